The number of ether oxygens (including phenoxy) is 2. The number of carbonyl (C=O) groups excluding carboxylic acids is 2. The molecule has 0 bridgehead atoms. The minimum atomic E-state index is -0.588. The summed E-state index contributed by atoms with van der Waals surface area (Å²) in [4.78, 5) is 23.9. The van der Waals surface area contributed by atoms with Gasteiger partial charge in [0.15, 0.2) is 0 Å². The van der Waals surface area contributed by atoms with Crippen LogP contribution in [0, 0.1) is 18.3 Å². The molecule has 7 heteroatoms. The van der Waals surface area contributed by atoms with Gasteiger partial charge >= 0.3 is 5.97 Å². The second kappa shape index (κ2) is 8.88. The Bertz CT molecular complexity index is 944. The number of carbonyl (C=O) groups is 2. The van der Waals surface area contributed by atoms with Crippen LogP contribution in [-0.2, 0) is 9.53 Å². The highest BCUT2D eigenvalue weighted by Gasteiger charge is 2.14. The molecule has 0 aliphatic carbocycles. The quantitative estimate of drug-likeness (QED) is 0.478. The van der Waals surface area contributed by atoms with Crippen LogP contribution in [0.1, 0.15) is 21.5 Å². The first-order valence-electron chi connectivity index (χ1n) is 7.85. The zero-order valence-electron chi connectivity index (χ0n) is 15.0. The maximum Gasteiger partial charge on any atom is 0.337 e. The van der Waals surface area contributed by atoms with Gasteiger partial charge in [0.1, 0.15) is 17.4 Å². The van der Waals surface area contributed by atoms with Gasteiger partial charge in [-0.15, -0.1) is 0 Å². The van der Waals surface area contributed by atoms with Gasteiger partial charge in [-0.3, -0.25) is 4.79 Å². The molecular formula is C20H17ClN2O4. The SMILES string of the molecule is COC(=O)c1ccc(/C=C(\C#N)C(=O)Nc2cc(C)c(Cl)cc2OC)cc1. The van der Waals surface area contributed by atoms with Gasteiger partial charge in [-0.25, -0.2) is 4.79 Å². The highest BCUT2D eigenvalue weighted by atomic mass is 35.5. The number of methoxy groups -OCH3 is 2. The number of amides is 1. The van der Waals surface area contributed by atoms with Gasteiger partial charge in [-0.2, -0.15) is 5.26 Å². The van der Waals surface area contributed by atoms with Gasteiger partial charge < -0.3 is 14.8 Å². The summed E-state index contributed by atoms with van der Waals surface area (Å²) in [6.07, 6.45) is 1.42. The molecule has 0 unspecified atom stereocenters. The van der Waals surface area contributed by atoms with Crippen molar-refractivity contribution in [3.05, 3.63) is 63.7 Å². The van der Waals surface area contributed by atoms with Crippen molar-refractivity contribution in [2.45, 2.75) is 6.92 Å². The first-order valence-corrected chi connectivity index (χ1v) is 8.23. The Morgan fingerprint density at radius 2 is 1.85 bits per heavy atom. The van der Waals surface area contributed by atoms with Gasteiger partial charge in [0.2, 0.25) is 0 Å². The molecule has 0 saturated heterocycles. The van der Waals surface area contributed by atoms with Crippen molar-refractivity contribution in [1.29, 1.82) is 5.26 Å². The molecular weight excluding hydrogens is 368 g/mol. The second-order valence-electron chi connectivity index (χ2n) is 5.54. The number of rotatable bonds is 5. The molecule has 6 nitrogen and oxygen atoms in total. The largest absolute Gasteiger partial charge is 0.495 e. The van der Waals surface area contributed by atoms with Crippen LogP contribution >= 0.6 is 11.6 Å². The zero-order valence-corrected chi connectivity index (χ0v) is 15.8. The second-order valence-corrected chi connectivity index (χ2v) is 5.95. The van der Waals surface area contributed by atoms with Gasteiger partial charge in [0.05, 0.1) is 25.5 Å². The van der Waals surface area contributed by atoms with Crippen LogP contribution in [0.3, 0.4) is 0 Å². The number of esters is 1. The van der Waals surface area contributed by atoms with Crippen molar-refractivity contribution >= 4 is 35.2 Å². The minimum absolute atomic E-state index is 0.101. The fourth-order valence-electron chi connectivity index (χ4n) is 2.27. The molecule has 0 spiro atoms. The number of hydrogen-bond donors (Lipinski definition) is 1. The van der Waals surface area contributed by atoms with Crippen LogP contribution in [0.25, 0.3) is 6.08 Å². The predicted molar refractivity (Wildman–Crippen MR) is 103 cm³/mol. The van der Waals surface area contributed by atoms with Crippen LogP contribution in [0.5, 0.6) is 5.75 Å². The number of hydrogen-bond acceptors (Lipinski definition) is 5. The molecule has 0 aliphatic rings. The van der Waals surface area contributed by atoms with E-state index in [1.165, 1.54) is 20.3 Å². The van der Waals surface area contributed by atoms with E-state index in [1.807, 2.05) is 6.07 Å². The van der Waals surface area contributed by atoms with Crippen molar-refractivity contribution in [3.8, 4) is 11.8 Å². The number of aryl methyl sites for hydroxylation is 1. The van der Waals surface area contributed by atoms with Crippen LogP contribution in [0.4, 0.5) is 5.69 Å². The van der Waals surface area contributed by atoms with Crippen molar-refractivity contribution in [2.24, 2.45) is 0 Å². The molecule has 0 aliphatic heterocycles. The molecule has 1 amide bonds. The Balaban J connectivity index is 2.26. The first-order chi connectivity index (χ1) is 12.9. The highest BCUT2D eigenvalue weighted by Crippen LogP contribution is 2.31. The van der Waals surface area contributed by atoms with Crippen LogP contribution in [0.15, 0.2) is 42.0 Å². The molecule has 0 radical (unpaired) electrons. The molecule has 0 fully saturated rings. The number of benzene rings is 2. The molecule has 0 atom stereocenters. The van der Waals surface area contributed by atoms with Gasteiger partial charge in [-0.1, -0.05) is 23.7 Å². The van der Waals surface area contributed by atoms with Crippen LogP contribution in [0.2, 0.25) is 5.02 Å². The summed E-state index contributed by atoms with van der Waals surface area (Å²) in [5.74, 6) is -0.665. The van der Waals surface area contributed by atoms with E-state index in [9.17, 15) is 14.9 Å². The van der Waals surface area contributed by atoms with Crippen molar-refractivity contribution in [2.75, 3.05) is 19.5 Å². The fourth-order valence-corrected chi connectivity index (χ4v) is 2.42. The standard InChI is InChI=1S/C20H17ClN2O4/c1-12-8-17(18(26-2)10-16(12)21)23-19(24)15(11-22)9-13-4-6-14(7-5-13)20(25)27-3/h4-10H,1-3H3,(H,23,24)/b15-9+. The van der Waals surface area contributed by atoms with Crippen molar-refractivity contribution in [3.63, 3.8) is 0 Å². The molecule has 2 aromatic carbocycles. The van der Waals surface area contributed by atoms with E-state index >= 15 is 0 Å². The average Bonchev–Trinajstić information content (AvgIpc) is 2.68. The zero-order chi connectivity index (χ0) is 20.0. The summed E-state index contributed by atoms with van der Waals surface area (Å²) in [5, 5.41) is 12.5. The predicted octanol–water partition coefficient (Wildman–Crippen LogP) is 3.99. The highest BCUT2D eigenvalue weighted by molar-refractivity contribution is 6.31. The smallest absolute Gasteiger partial charge is 0.337 e. The Labute approximate surface area is 162 Å². The monoisotopic (exact) mass is 384 g/mol. The molecule has 138 valence electrons. The fraction of sp³-hybridized carbons (Fsp3) is 0.150. The molecule has 2 aromatic rings. The Morgan fingerprint density at radius 3 is 2.41 bits per heavy atom. The van der Waals surface area contributed by atoms with E-state index in [4.69, 9.17) is 16.3 Å². The summed E-state index contributed by atoms with van der Waals surface area (Å²) >= 11 is 6.05. The third-order valence-corrected chi connectivity index (χ3v) is 4.14. The summed E-state index contributed by atoms with van der Waals surface area (Å²) in [6.45, 7) is 1.79. The van der Waals surface area contributed by atoms with Gasteiger partial charge in [-0.05, 0) is 42.3 Å². The summed E-state index contributed by atoms with van der Waals surface area (Å²) in [6, 6.07) is 11.5. The maximum atomic E-state index is 12.5. The summed E-state index contributed by atoms with van der Waals surface area (Å²) in [7, 11) is 2.75. The number of anilines is 1. The van der Waals surface area contributed by atoms with Gasteiger partial charge in [0, 0.05) is 11.1 Å². The van der Waals surface area contributed by atoms with E-state index in [2.05, 4.69) is 10.1 Å². The van der Waals surface area contributed by atoms with Crippen LogP contribution < -0.4 is 10.1 Å². The summed E-state index contributed by atoms with van der Waals surface area (Å²) in [5.41, 5.74) is 2.03. The number of nitriles is 1. The maximum absolute atomic E-state index is 12.5. The van der Waals surface area contributed by atoms with Crippen LogP contribution in [-0.4, -0.2) is 26.1 Å². The molecule has 0 saturated carbocycles. The first kappa shape index (κ1) is 20.0. The third-order valence-electron chi connectivity index (χ3n) is 3.74. The molecule has 1 N–H and O–H groups in total. The average molecular weight is 385 g/mol. The lowest BCUT2D eigenvalue weighted by Crippen LogP contribution is -2.14. The summed E-state index contributed by atoms with van der Waals surface area (Å²) < 4.78 is 9.85. The molecule has 0 heterocycles. The van der Waals surface area contributed by atoms with E-state index in [0.29, 0.717) is 27.6 Å². The van der Waals surface area contributed by atoms with E-state index in [0.717, 1.165) is 5.56 Å². The molecule has 2 rings (SSSR count). The minimum Gasteiger partial charge on any atom is -0.495 e. The lowest BCUT2D eigenvalue weighted by molar-refractivity contribution is -0.112. The Morgan fingerprint density at radius 1 is 1.19 bits per heavy atom. The van der Waals surface area contributed by atoms with E-state index in [-0.39, 0.29) is 5.57 Å². The number of nitrogens with one attached hydrogen (secondary N) is 1. The Hall–Kier alpha value is -3.30. The molecule has 0 aromatic heterocycles. The molecule has 27 heavy (non-hydrogen) atoms. The lowest BCUT2D eigenvalue weighted by Gasteiger charge is -2.12. The van der Waals surface area contributed by atoms with Crippen molar-refractivity contribution < 1.29 is 19.1 Å². The topological polar surface area (TPSA) is 88.4 Å². The normalized spacial score (nSPS) is 10.7. The van der Waals surface area contributed by atoms with Crippen molar-refractivity contribution in [1.82, 2.24) is 0 Å². The number of nitrogens with zero attached hydrogens (tertiary/aromatic N) is 1. The van der Waals surface area contributed by atoms with E-state index in [1.54, 1.807) is 43.3 Å². The lowest BCUT2D eigenvalue weighted by atomic mass is 10.1. The van der Waals surface area contributed by atoms with E-state index < -0.39 is 11.9 Å². The third kappa shape index (κ3) is 4.87. The Kier molecular flexibility index (Phi) is 6.58. The van der Waals surface area contributed by atoms with Gasteiger partial charge in [0.25, 0.3) is 5.91 Å². The number of halogens is 1.